The van der Waals surface area contributed by atoms with Gasteiger partial charge in [-0.1, -0.05) is 0 Å². The first-order chi connectivity index (χ1) is 8.33. The summed E-state index contributed by atoms with van der Waals surface area (Å²) in [5.74, 6) is 0.975. The van der Waals surface area contributed by atoms with Crippen LogP contribution in [0.25, 0.3) is 0 Å². The van der Waals surface area contributed by atoms with Gasteiger partial charge in [-0.25, -0.2) is 0 Å². The van der Waals surface area contributed by atoms with Crippen molar-refractivity contribution in [1.82, 2.24) is 10.2 Å². The van der Waals surface area contributed by atoms with Gasteiger partial charge in [-0.2, -0.15) is 5.26 Å². The van der Waals surface area contributed by atoms with Gasteiger partial charge in [-0.3, -0.25) is 4.79 Å². The second-order valence-electron chi connectivity index (χ2n) is 5.06. The molecule has 2 unspecified atom stereocenters. The Morgan fingerprint density at radius 3 is 3.12 bits per heavy atom. The second kappa shape index (κ2) is 6.02. The maximum atomic E-state index is 12.0. The first kappa shape index (κ1) is 12.4. The van der Waals surface area contributed by atoms with Crippen molar-refractivity contribution in [3.05, 3.63) is 0 Å². The summed E-state index contributed by atoms with van der Waals surface area (Å²) in [6.45, 7) is 2.94. The van der Waals surface area contributed by atoms with Gasteiger partial charge in [-0.15, -0.1) is 0 Å². The van der Waals surface area contributed by atoms with Gasteiger partial charge in [-0.05, 0) is 44.7 Å². The fourth-order valence-corrected chi connectivity index (χ4v) is 3.03. The largest absolute Gasteiger partial charge is 0.339 e. The summed E-state index contributed by atoms with van der Waals surface area (Å²) < 4.78 is 0. The summed E-state index contributed by atoms with van der Waals surface area (Å²) in [4.78, 5) is 14.0. The monoisotopic (exact) mass is 235 g/mol. The SMILES string of the molecule is N#CCCCCN1C(=O)CCC2CNCCC21. The zero-order valence-electron chi connectivity index (χ0n) is 10.3. The molecule has 2 aliphatic heterocycles. The van der Waals surface area contributed by atoms with E-state index in [-0.39, 0.29) is 0 Å². The van der Waals surface area contributed by atoms with E-state index in [0.717, 1.165) is 45.3 Å². The van der Waals surface area contributed by atoms with E-state index in [1.54, 1.807) is 0 Å². The molecule has 0 aromatic carbocycles. The lowest BCUT2D eigenvalue weighted by Gasteiger charge is -2.44. The van der Waals surface area contributed by atoms with E-state index in [4.69, 9.17) is 5.26 Å². The highest BCUT2D eigenvalue weighted by Gasteiger charge is 2.36. The standard InChI is InChI=1S/C13H21N3O/c14-7-2-1-3-9-16-12-6-8-15-10-11(12)4-5-13(16)17/h11-12,15H,1-6,8-10H2. The number of unbranched alkanes of at least 4 members (excludes halogenated alkanes) is 2. The number of nitrogens with zero attached hydrogens (tertiary/aromatic N) is 2. The number of nitrogens with one attached hydrogen (secondary N) is 1. The van der Waals surface area contributed by atoms with Crippen LogP contribution in [0.3, 0.4) is 0 Å². The number of rotatable bonds is 4. The van der Waals surface area contributed by atoms with E-state index >= 15 is 0 Å². The van der Waals surface area contributed by atoms with Crippen LogP contribution >= 0.6 is 0 Å². The summed E-state index contributed by atoms with van der Waals surface area (Å²) in [5, 5.41) is 11.9. The molecular formula is C13H21N3O. The maximum Gasteiger partial charge on any atom is 0.222 e. The number of fused-ring (bicyclic) bond motifs is 1. The number of piperidine rings is 2. The quantitative estimate of drug-likeness (QED) is 0.747. The maximum absolute atomic E-state index is 12.0. The number of amides is 1. The minimum atomic E-state index is 0.324. The van der Waals surface area contributed by atoms with Gasteiger partial charge in [0.2, 0.25) is 5.91 Å². The molecule has 0 aliphatic carbocycles. The zero-order valence-corrected chi connectivity index (χ0v) is 10.3. The van der Waals surface area contributed by atoms with Crippen molar-refractivity contribution in [3.63, 3.8) is 0 Å². The lowest BCUT2D eigenvalue weighted by molar-refractivity contribution is -0.139. The van der Waals surface area contributed by atoms with Gasteiger partial charge in [0, 0.05) is 25.4 Å². The van der Waals surface area contributed by atoms with Gasteiger partial charge < -0.3 is 10.2 Å². The molecule has 4 nitrogen and oxygen atoms in total. The first-order valence-electron chi connectivity index (χ1n) is 6.70. The first-order valence-corrected chi connectivity index (χ1v) is 6.70. The van der Waals surface area contributed by atoms with Crippen LogP contribution < -0.4 is 5.32 Å². The van der Waals surface area contributed by atoms with Crippen molar-refractivity contribution in [3.8, 4) is 6.07 Å². The van der Waals surface area contributed by atoms with Crippen LogP contribution in [0.1, 0.15) is 38.5 Å². The van der Waals surface area contributed by atoms with Crippen LogP contribution in [0.5, 0.6) is 0 Å². The van der Waals surface area contributed by atoms with E-state index in [1.165, 1.54) is 0 Å². The van der Waals surface area contributed by atoms with Crippen LogP contribution in [-0.4, -0.2) is 36.5 Å². The number of hydrogen-bond donors (Lipinski definition) is 1. The Bertz CT molecular complexity index is 310. The lowest BCUT2D eigenvalue weighted by atomic mass is 9.84. The van der Waals surface area contributed by atoms with Gasteiger partial charge in [0.25, 0.3) is 0 Å². The molecule has 2 saturated heterocycles. The Labute approximate surface area is 103 Å². The van der Waals surface area contributed by atoms with Crippen molar-refractivity contribution >= 4 is 5.91 Å². The third-order valence-corrected chi connectivity index (χ3v) is 3.95. The number of hydrogen-bond acceptors (Lipinski definition) is 3. The highest BCUT2D eigenvalue weighted by Crippen LogP contribution is 2.28. The second-order valence-corrected chi connectivity index (χ2v) is 5.06. The van der Waals surface area contributed by atoms with Crippen molar-refractivity contribution in [2.45, 2.75) is 44.6 Å². The molecule has 0 bridgehead atoms. The third-order valence-electron chi connectivity index (χ3n) is 3.95. The molecule has 17 heavy (non-hydrogen) atoms. The molecule has 2 aliphatic rings. The fourth-order valence-electron chi connectivity index (χ4n) is 3.03. The van der Waals surface area contributed by atoms with Gasteiger partial charge in [0.15, 0.2) is 0 Å². The van der Waals surface area contributed by atoms with Gasteiger partial charge >= 0.3 is 0 Å². The molecule has 0 aromatic rings. The highest BCUT2D eigenvalue weighted by atomic mass is 16.2. The van der Waals surface area contributed by atoms with Crippen LogP contribution in [0.2, 0.25) is 0 Å². The van der Waals surface area contributed by atoms with Crippen LogP contribution in [0.15, 0.2) is 0 Å². The summed E-state index contributed by atoms with van der Waals surface area (Å²) in [5.41, 5.74) is 0. The minimum absolute atomic E-state index is 0.324. The lowest BCUT2D eigenvalue weighted by Crippen LogP contribution is -2.55. The van der Waals surface area contributed by atoms with Crippen LogP contribution in [0.4, 0.5) is 0 Å². The van der Waals surface area contributed by atoms with E-state index in [2.05, 4.69) is 16.3 Å². The molecule has 2 fully saturated rings. The third kappa shape index (κ3) is 2.98. The summed E-state index contributed by atoms with van der Waals surface area (Å²) in [6, 6.07) is 2.62. The van der Waals surface area contributed by atoms with E-state index in [0.29, 0.717) is 30.7 Å². The van der Waals surface area contributed by atoms with E-state index in [9.17, 15) is 4.79 Å². The number of carbonyl (C=O) groups is 1. The predicted molar refractivity (Wildman–Crippen MR) is 65.2 cm³/mol. The zero-order chi connectivity index (χ0) is 12.1. The van der Waals surface area contributed by atoms with Crippen molar-refractivity contribution in [2.24, 2.45) is 5.92 Å². The molecule has 0 spiro atoms. The Morgan fingerprint density at radius 1 is 1.41 bits per heavy atom. The number of likely N-dealkylation sites (tertiary alicyclic amines) is 1. The fraction of sp³-hybridized carbons (Fsp3) is 0.846. The molecule has 0 saturated carbocycles. The number of nitriles is 1. The average molecular weight is 235 g/mol. The molecule has 1 N–H and O–H groups in total. The summed E-state index contributed by atoms with van der Waals surface area (Å²) >= 11 is 0. The normalized spacial score (nSPS) is 28.6. The predicted octanol–water partition coefficient (Wildman–Crippen LogP) is 1.28. The van der Waals surface area contributed by atoms with Crippen molar-refractivity contribution < 1.29 is 4.79 Å². The van der Waals surface area contributed by atoms with E-state index in [1.807, 2.05) is 0 Å². The molecule has 4 heteroatoms. The molecule has 0 aromatic heterocycles. The smallest absolute Gasteiger partial charge is 0.222 e. The number of carbonyl (C=O) groups excluding carboxylic acids is 1. The van der Waals surface area contributed by atoms with Gasteiger partial charge in [0.05, 0.1) is 6.07 Å². The molecule has 2 atom stereocenters. The Morgan fingerprint density at radius 2 is 2.29 bits per heavy atom. The molecular weight excluding hydrogens is 214 g/mol. The molecule has 2 rings (SSSR count). The topological polar surface area (TPSA) is 56.1 Å². The Hall–Kier alpha value is -1.08. The summed E-state index contributed by atoms with van der Waals surface area (Å²) in [7, 11) is 0. The van der Waals surface area contributed by atoms with Crippen molar-refractivity contribution in [2.75, 3.05) is 19.6 Å². The van der Waals surface area contributed by atoms with Crippen molar-refractivity contribution in [1.29, 1.82) is 5.26 Å². The van der Waals surface area contributed by atoms with Crippen LogP contribution in [0, 0.1) is 17.2 Å². The molecule has 2 heterocycles. The summed E-state index contributed by atoms with van der Waals surface area (Å²) in [6.07, 6.45) is 5.34. The minimum Gasteiger partial charge on any atom is -0.339 e. The Balaban J connectivity index is 1.87. The average Bonchev–Trinajstić information content (AvgIpc) is 2.37. The molecule has 0 radical (unpaired) electrons. The Kier molecular flexibility index (Phi) is 4.38. The molecule has 1 amide bonds. The van der Waals surface area contributed by atoms with Gasteiger partial charge in [0.1, 0.15) is 0 Å². The molecule has 94 valence electrons. The van der Waals surface area contributed by atoms with E-state index < -0.39 is 0 Å². The highest BCUT2D eigenvalue weighted by molar-refractivity contribution is 5.77. The van der Waals surface area contributed by atoms with Crippen LogP contribution in [-0.2, 0) is 4.79 Å².